The molecule has 1 aromatic rings. The van der Waals surface area contributed by atoms with Gasteiger partial charge in [0.25, 0.3) is 0 Å². The van der Waals surface area contributed by atoms with E-state index in [4.69, 9.17) is 9.47 Å². The Kier molecular flexibility index (Phi) is 4.58. The van der Waals surface area contributed by atoms with Gasteiger partial charge in [-0.05, 0) is 12.5 Å². The second-order valence-electron chi connectivity index (χ2n) is 4.66. The summed E-state index contributed by atoms with van der Waals surface area (Å²) < 4.78 is 10.6. The van der Waals surface area contributed by atoms with Crippen molar-refractivity contribution >= 4 is 0 Å². The highest BCUT2D eigenvalue weighted by molar-refractivity contribution is 5.35. The lowest BCUT2D eigenvalue weighted by molar-refractivity contribution is 0.0890. The summed E-state index contributed by atoms with van der Waals surface area (Å²) in [4.78, 5) is 2.23. The molecule has 1 fully saturated rings. The summed E-state index contributed by atoms with van der Waals surface area (Å²) in [5.41, 5.74) is 0.848. The van der Waals surface area contributed by atoms with Crippen molar-refractivity contribution in [1.29, 1.82) is 0 Å². The fourth-order valence-corrected chi connectivity index (χ4v) is 2.44. The monoisotopic (exact) mass is 251 g/mol. The molecule has 0 spiro atoms. The van der Waals surface area contributed by atoms with E-state index >= 15 is 0 Å². The highest BCUT2D eigenvalue weighted by atomic mass is 16.5. The minimum atomic E-state index is -0.517. The Labute approximate surface area is 108 Å². The maximum Gasteiger partial charge on any atom is 0.124 e. The molecule has 4 heteroatoms. The molecule has 0 radical (unpaired) electrons. The molecule has 18 heavy (non-hydrogen) atoms. The molecule has 0 aromatic heterocycles. The zero-order chi connectivity index (χ0) is 13.0. The number of para-hydroxylation sites is 1. The molecular formula is C14H21NO3. The highest BCUT2D eigenvalue weighted by Gasteiger charge is 2.25. The number of aliphatic hydroxyl groups excluding tert-OH is 1. The Bertz CT molecular complexity index is 383. The predicted molar refractivity (Wildman–Crippen MR) is 69.8 cm³/mol. The van der Waals surface area contributed by atoms with Gasteiger partial charge in [-0.3, -0.25) is 4.90 Å². The van der Waals surface area contributed by atoms with Crippen molar-refractivity contribution in [3.8, 4) is 5.75 Å². The van der Waals surface area contributed by atoms with E-state index in [9.17, 15) is 5.11 Å². The number of likely N-dealkylation sites (tertiary alicyclic amines) is 1. The topological polar surface area (TPSA) is 41.9 Å². The van der Waals surface area contributed by atoms with Crippen LogP contribution in [0.15, 0.2) is 24.3 Å². The Morgan fingerprint density at radius 2 is 2.17 bits per heavy atom. The number of β-amino-alcohol motifs (C(OH)–C–C–N with tert-alkyl or cyclic N) is 1. The van der Waals surface area contributed by atoms with E-state index in [0.29, 0.717) is 12.6 Å². The zero-order valence-corrected chi connectivity index (χ0v) is 11.0. The summed E-state index contributed by atoms with van der Waals surface area (Å²) in [6.07, 6.45) is 0.821. The Balaban J connectivity index is 1.97. The third-order valence-electron chi connectivity index (χ3n) is 3.49. The van der Waals surface area contributed by atoms with Crippen molar-refractivity contribution in [3.63, 3.8) is 0 Å². The molecule has 1 aliphatic heterocycles. The second kappa shape index (κ2) is 6.18. The molecule has 1 aliphatic rings. The number of rotatable bonds is 5. The van der Waals surface area contributed by atoms with Gasteiger partial charge in [0.05, 0.1) is 19.3 Å². The van der Waals surface area contributed by atoms with Crippen LogP contribution in [0.3, 0.4) is 0 Å². The van der Waals surface area contributed by atoms with E-state index in [2.05, 4.69) is 4.90 Å². The molecule has 1 heterocycles. The van der Waals surface area contributed by atoms with Crippen LogP contribution in [-0.4, -0.2) is 50.0 Å². The van der Waals surface area contributed by atoms with Crippen LogP contribution in [0.1, 0.15) is 18.1 Å². The quantitative estimate of drug-likeness (QED) is 0.860. The first-order valence-corrected chi connectivity index (χ1v) is 6.30. The zero-order valence-electron chi connectivity index (χ0n) is 11.0. The van der Waals surface area contributed by atoms with E-state index in [1.54, 1.807) is 14.2 Å². The lowest BCUT2D eigenvalue weighted by Gasteiger charge is -2.21. The summed E-state index contributed by atoms with van der Waals surface area (Å²) in [6, 6.07) is 7.61. The molecule has 1 saturated heterocycles. The van der Waals surface area contributed by atoms with Crippen molar-refractivity contribution < 1.29 is 14.6 Å². The van der Waals surface area contributed by atoms with Crippen LogP contribution in [0.2, 0.25) is 0 Å². The summed E-state index contributed by atoms with van der Waals surface area (Å²) in [5, 5.41) is 10.3. The van der Waals surface area contributed by atoms with E-state index in [1.165, 1.54) is 0 Å². The van der Waals surface area contributed by atoms with Crippen molar-refractivity contribution in [2.45, 2.75) is 18.6 Å². The number of benzene rings is 1. The average Bonchev–Trinajstić information content (AvgIpc) is 2.86. The van der Waals surface area contributed by atoms with Gasteiger partial charge in [-0.15, -0.1) is 0 Å². The van der Waals surface area contributed by atoms with E-state index in [-0.39, 0.29) is 0 Å². The number of methoxy groups -OCH3 is 2. The normalized spacial score (nSPS) is 22.1. The SMILES string of the molecule is COc1ccccc1C(O)CN1CCC(OC)C1. The first-order valence-electron chi connectivity index (χ1n) is 6.30. The van der Waals surface area contributed by atoms with Gasteiger partial charge in [0.2, 0.25) is 0 Å². The molecule has 4 nitrogen and oxygen atoms in total. The highest BCUT2D eigenvalue weighted by Crippen LogP contribution is 2.26. The first-order chi connectivity index (χ1) is 8.74. The summed E-state index contributed by atoms with van der Waals surface area (Å²) >= 11 is 0. The minimum absolute atomic E-state index is 0.301. The summed E-state index contributed by atoms with van der Waals surface area (Å²) in [7, 11) is 3.37. The second-order valence-corrected chi connectivity index (χ2v) is 4.66. The fraction of sp³-hybridized carbons (Fsp3) is 0.571. The Morgan fingerprint density at radius 1 is 1.39 bits per heavy atom. The number of hydrogen-bond donors (Lipinski definition) is 1. The van der Waals surface area contributed by atoms with E-state index < -0.39 is 6.10 Å². The van der Waals surface area contributed by atoms with Gasteiger partial charge in [0.15, 0.2) is 0 Å². The lowest BCUT2D eigenvalue weighted by atomic mass is 10.1. The number of aliphatic hydroxyl groups is 1. The maximum atomic E-state index is 10.3. The van der Waals surface area contributed by atoms with E-state index in [0.717, 1.165) is 30.8 Å². The van der Waals surface area contributed by atoms with Crippen molar-refractivity contribution in [1.82, 2.24) is 4.90 Å². The van der Waals surface area contributed by atoms with Crippen LogP contribution in [-0.2, 0) is 4.74 Å². The Hall–Kier alpha value is -1.10. The molecular weight excluding hydrogens is 230 g/mol. The molecule has 1 N–H and O–H groups in total. The van der Waals surface area contributed by atoms with Gasteiger partial charge in [-0.2, -0.15) is 0 Å². The molecule has 0 aliphatic carbocycles. The van der Waals surface area contributed by atoms with Crippen LogP contribution in [0.4, 0.5) is 0 Å². The van der Waals surface area contributed by atoms with Crippen LogP contribution in [0, 0.1) is 0 Å². The Morgan fingerprint density at radius 3 is 2.83 bits per heavy atom. The smallest absolute Gasteiger partial charge is 0.124 e. The van der Waals surface area contributed by atoms with E-state index in [1.807, 2.05) is 24.3 Å². The number of ether oxygens (including phenoxy) is 2. The van der Waals surface area contributed by atoms with Crippen LogP contribution in [0.5, 0.6) is 5.75 Å². The fourth-order valence-electron chi connectivity index (χ4n) is 2.44. The summed E-state index contributed by atoms with van der Waals surface area (Å²) in [6.45, 7) is 2.49. The molecule has 0 saturated carbocycles. The standard InChI is InChI=1S/C14H21NO3/c1-17-11-7-8-15(9-11)10-13(16)12-5-3-4-6-14(12)18-2/h3-6,11,13,16H,7-10H2,1-2H3. The largest absolute Gasteiger partial charge is 0.496 e. The molecule has 2 atom stereocenters. The molecule has 2 unspecified atom stereocenters. The molecule has 0 amide bonds. The molecule has 2 rings (SSSR count). The maximum absolute atomic E-state index is 10.3. The lowest BCUT2D eigenvalue weighted by Crippen LogP contribution is -2.28. The first kappa shape index (κ1) is 13.3. The van der Waals surface area contributed by atoms with Gasteiger partial charge < -0.3 is 14.6 Å². The summed E-state index contributed by atoms with van der Waals surface area (Å²) in [5.74, 6) is 0.743. The van der Waals surface area contributed by atoms with Crippen LogP contribution in [0.25, 0.3) is 0 Å². The third kappa shape index (κ3) is 3.02. The van der Waals surface area contributed by atoms with Gasteiger partial charge in [-0.1, -0.05) is 18.2 Å². The number of hydrogen-bond acceptors (Lipinski definition) is 4. The van der Waals surface area contributed by atoms with Crippen molar-refractivity contribution in [2.75, 3.05) is 33.9 Å². The molecule has 0 bridgehead atoms. The average molecular weight is 251 g/mol. The number of nitrogens with zero attached hydrogens (tertiary/aromatic N) is 1. The third-order valence-corrected chi connectivity index (χ3v) is 3.49. The van der Waals surface area contributed by atoms with Crippen LogP contribution < -0.4 is 4.74 Å². The predicted octanol–water partition coefficient (Wildman–Crippen LogP) is 1.45. The molecule has 100 valence electrons. The van der Waals surface area contributed by atoms with Gasteiger partial charge >= 0.3 is 0 Å². The van der Waals surface area contributed by atoms with Crippen molar-refractivity contribution in [2.24, 2.45) is 0 Å². The molecule has 1 aromatic carbocycles. The van der Waals surface area contributed by atoms with Gasteiger partial charge in [0, 0.05) is 32.3 Å². The van der Waals surface area contributed by atoms with Crippen LogP contribution >= 0.6 is 0 Å². The van der Waals surface area contributed by atoms with Gasteiger partial charge in [-0.25, -0.2) is 0 Å². The van der Waals surface area contributed by atoms with Crippen molar-refractivity contribution in [3.05, 3.63) is 29.8 Å². The minimum Gasteiger partial charge on any atom is -0.496 e. The van der Waals surface area contributed by atoms with Gasteiger partial charge in [0.1, 0.15) is 5.75 Å².